The van der Waals surface area contributed by atoms with Crippen LogP contribution < -0.4 is 0 Å². The van der Waals surface area contributed by atoms with Crippen molar-refractivity contribution in [3.8, 4) is 0 Å². The molecule has 1 fully saturated rings. The molecule has 0 bridgehead atoms. The van der Waals surface area contributed by atoms with Crippen molar-refractivity contribution in [2.24, 2.45) is 5.92 Å². The van der Waals surface area contributed by atoms with E-state index in [1.807, 2.05) is 0 Å². The van der Waals surface area contributed by atoms with E-state index in [-0.39, 0.29) is 29.5 Å². The molecule has 204 valence electrons. The van der Waals surface area contributed by atoms with Gasteiger partial charge in [-0.05, 0) is 42.8 Å². The van der Waals surface area contributed by atoms with Crippen molar-refractivity contribution < 1.29 is 38.3 Å². The first kappa shape index (κ1) is 30.1. The predicted octanol–water partition coefficient (Wildman–Crippen LogP) is 3.31. The lowest BCUT2D eigenvalue weighted by Gasteiger charge is -2.52. The van der Waals surface area contributed by atoms with E-state index in [9.17, 15) is 29.6 Å². The third-order valence-electron chi connectivity index (χ3n) is 6.91. The fraction of sp³-hybridized carbons (Fsp3) is 0.560. The topological polar surface area (TPSA) is 146 Å². The van der Waals surface area contributed by atoms with Gasteiger partial charge in [-0.2, -0.15) is 0 Å². The standard InChI is InChI=1S/C25H36N2O9Si/c1-16(36-37(6,7)25(2,3)4)21-20(14-19(28)12-13-34-5)26(22(21)29)23(30)24(31)35-15-17-8-10-18(11-9-17)27(32)33/h8-13,16,20-21,23,30H,14-15H2,1-7H3/b13-12-/t16-,20-,21-,23?/m1/s1. The maximum atomic E-state index is 13.1. The van der Waals surface area contributed by atoms with E-state index in [2.05, 4.69) is 33.9 Å². The van der Waals surface area contributed by atoms with Gasteiger partial charge in [0.15, 0.2) is 14.1 Å². The Labute approximate surface area is 217 Å². The fourth-order valence-electron chi connectivity index (χ4n) is 3.82. The number of β-lactam (4-membered cyclic amide) rings is 1. The second-order valence-electron chi connectivity index (χ2n) is 10.5. The number of methoxy groups -OCH3 is 1. The lowest BCUT2D eigenvalue weighted by Crippen LogP contribution is -2.70. The smallest absolute Gasteiger partial charge is 0.356 e. The summed E-state index contributed by atoms with van der Waals surface area (Å²) < 4.78 is 16.3. The second-order valence-corrected chi connectivity index (χ2v) is 15.3. The average molecular weight is 537 g/mol. The molecule has 1 aliphatic heterocycles. The number of ketones is 1. The number of carbonyl (C=O) groups is 3. The molecule has 0 spiro atoms. The van der Waals surface area contributed by atoms with Crippen molar-refractivity contribution in [2.45, 2.75) is 77.2 Å². The van der Waals surface area contributed by atoms with Crippen LogP contribution in [-0.2, 0) is 34.9 Å². The molecule has 1 aliphatic rings. The zero-order valence-electron chi connectivity index (χ0n) is 22.3. The van der Waals surface area contributed by atoms with Crippen LogP contribution in [0.4, 0.5) is 5.69 Å². The van der Waals surface area contributed by atoms with Crippen LogP contribution in [0.3, 0.4) is 0 Å². The van der Waals surface area contributed by atoms with Gasteiger partial charge in [-0.3, -0.25) is 19.7 Å². The summed E-state index contributed by atoms with van der Waals surface area (Å²) in [5, 5.41) is 21.4. The number of hydrogen-bond acceptors (Lipinski definition) is 9. The summed E-state index contributed by atoms with van der Waals surface area (Å²) in [6.45, 7) is 11.8. The highest BCUT2D eigenvalue weighted by molar-refractivity contribution is 6.74. The molecule has 1 heterocycles. The monoisotopic (exact) mass is 536 g/mol. The first-order chi connectivity index (χ1) is 17.1. The number of nitro benzene ring substituents is 1. The average Bonchev–Trinajstić information content (AvgIpc) is 2.79. The zero-order valence-corrected chi connectivity index (χ0v) is 23.3. The number of benzene rings is 1. The van der Waals surface area contributed by atoms with E-state index in [1.54, 1.807) is 6.92 Å². The van der Waals surface area contributed by atoms with Gasteiger partial charge in [0, 0.05) is 24.6 Å². The number of esters is 1. The molecular formula is C25H36N2O9Si. The molecule has 1 saturated heterocycles. The second kappa shape index (κ2) is 12.0. The van der Waals surface area contributed by atoms with Gasteiger partial charge in [0.25, 0.3) is 5.69 Å². The van der Waals surface area contributed by atoms with Crippen LogP contribution in [0.25, 0.3) is 0 Å². The number of amides is 1. The summed E-state index contributed by atoms with van der Waals surface area (Å²) in [7, 11) is -0.857. The Kier molecular flexibility index (Phi) is 9.75. The molecule has 1 amide bonds. The van der Waals surface area contributed by atoms with Crippen LogP contribution in [0.1, 0.15) is 39.7 Å². The Morgan fingerprint density at radius 1 is 1.24 bits per heavy atom. The van der Waals surface area contributed by atoms with Crippen molar-refractivity contribution in [1.82, 2.24) is 4.90 Å². The summed E-state index contributed by atoms with van der Waals surface area (Å²) in [6, 6.07) is 4.59. The minimum absolute atomic E-state index is 0.110. The Balaban J connectivity index is 2.16. The third kappa shape index (κ3) is 7.24. The summed E-state index contributed by atoms with van der Waals surface area (Å²) in [5.74, 6) is -2.67. The molecule has 37 heavy (non-hydrogen) atoms. The molecular weight excluding hydrogens is 500 g/mol. The molecule has 0 saturated carbocycles. The van der Waals surface area contributed by atoms with Gasteiger partial charge >= 0.3 is 5.97 Å². The van der Waals surface area contributed by atoms with E-state index in [1.165, 1.54) is 43.7 Å². The quantitative estimate of drug-likeness (QED) is 0.0808. The van der Waals surface area contributed by atoms with Gasteiger partial charge < -0.3 is 23.9 Å². The van der Waals surface area contributed by atoms with E-state index in [0.29, 0.717) is 5.56 Å². The summed E-state index contributed by atoms with van der Waals surface area (Å²) in [4.78, 5) is 49.4. The number of hydrogen-bond donors (Lipinski definition) is 1. The number of likely N-dealkylation sites (tertiary alicyclic amines) is 1. The number of rotatable bonds is 12. The first-order valence-corrected chi connectivity index (χ1v) is 14.8. The maximum Gasteiger partial charge on any atom is 0.356 e. The maximum absolute atomic E-state index is 13.1. The van der Waals surface area contributed by atoms with Crippen molar-refractivity contribution in [3.63, 3.8) is 0 Å². The molecule has 1 aromatic rings. The number of non-ortho nitro benzene ring substituents is 1. The van der Waals surface area contributed by atoms with E-state index in [0.717, 1.165) is 4.90 Å². The molecule has 4 atom stereocenters. The highest BCUT2D eigenvalue weighted by Gasteiger charge is 2.56. The molecule has 1 N–H and O–H groups in total. The van der Waals surface area contributed by atoms with Crippen LogP contribution in [0.5, 0.6) is 0 Å². The normalized spacial score (nSPS) is 19.8. The van der Waals surface area contributed by atoms with Crippen molar-refractivity contribution >= 4 is 31.7 Å². The minimum Gasteiger partial charge on any atom is -0.504 e. The number of nitro groups is 1. The third-order valence-corrected chi connectivity index (χ3v) is 11.5. The molecule has 12 heteroatoms. The molecule has 11 nitrogen and oxygen atoms in total. The van der Waals surface area contributed by atoms with Gasteiger partial charge in [0.1, 0.15) is 6.61 Å². The zero-order chi connectivity index (χ0) is 28.1. The highest BCUT2D eigenvalue weighted by Crippen LogP contribution is 2.41. The Bertz CT molecular complexity index is 1030. The van der Waals surface area contributed by atoms with Crippen molar-refractivity contribution in [1.29, 1.82) is 0 Å². The fourth-order valence-corrected chi connectivity index (χ4v) is 5.25. The number of nitrogens with zero attached hydrogens (tertiary/aromatic N) is 2. The van der Waals surface area contributed by atoms with Crippen molar-refractivity contribution in [2.75, 3.05) is 7.11 Å². The number of aliphatic hydroxyl groups is 1. The lowest BCUT2D eigenvalue weighted by atomic mass is 9.80. The number of carbonyl (C=O) groups excluding carboxylic acids is 3. The van der Waals surface area contributed by atoms with Gasteiger partial charge in [-0.15, -0.1) is 0 Å². The minimum atomic E-state index is -2.25. The van der Waals surface area contributed by atoms with Crippen LogP contribution in [0.15, 0.2) is 36.6 Å². The van der Waals surface area contributed by atoms with E-state index >= 15 is 0 Å². The van der Waals surface area contributed by atoms with Gasteiger partial charge in [0.2, 0.25) is 12.1 Å². The first-order valence-electron chi connectivity index (χ1n) is 11.9. The number of aliphatic hydroxyl groups excluding tert-OH is 1. The molecule has 1 aromatic carbocycles. The summed E-state index contributed by atoms with van der Waals surface area (Å²) in [5.41, 5.74) is 0.350. The molecule has 1 unspecified atom stereocenters. The van der Waals surface area contributed by atoms with Gasteiger partial charge in [0.05, 0.1) is 36.4 Å². The summed E-state index contributed by atoms with van der Waals surface area (Å²) in [6.07, 6.45) is -0.180. The van der Waals surface area contributed by atoms with Crippen LogP contribution >= 0.6 is 0 Å². The predicted molar refractivity (Wildman–Crippen MR) is 137 cm³/mol. The lowest BCUT2D eigenvalue weighted by molar-refractivity contribution is -0.384. The Hall–Kier alpha value is -3.09. The molecule has 2 rings (SSSR count). The summed E-state index contributed by atoms with van der Waals surface area (Å²) >= 11 is 0. The van der Waals surface area contributed by atoms with Crippen LogP contribution in [0.2, 0.25) is 18.1 Å². The van der Waals surface area contributed by atoms with Crippen LogP contribution in [-0.4, -0.2) is 66.4 Å². The SMILES string of the molecule is CO/C=C\C(=O)C[C@@H]1[C@@H]([C@@H](C)O[Si](C)(C)C(C)(C)C)C(=O)N1C(O)C(=O)OCc1ccc([N+](=O)[O-])cc1. The molecule has 0 radical (unpaired) electrons. The van der Waals surface area contributed by atoms with E-state index in [4.69, 9.17) is 13.9 Å². The Morgan fingerprint density at radius 3 is 2.35 bits per heavy atom. The number of ether oxygens (including phenoxy) is 2. The highest BCUT2D eigenvalue weighted by atomic mass is 28.4. The number of allylic oxidation sites excluding steroid dienone is 1. The Morgan fingerprint density at radius 2 is 1.84 bits per heavy atom. The molecule has 0 aromatic heterocycles. The van der Waals surface area contributed by atoms with Gasteiger partial charge in [-0.25, -0.2) is 4.79 Å². The largest absolute Gasteiger partial charge is 0.504 e. The van der Waals surface area contributed by atoms with E-state index < -0.39 is 49.4 Å². The molecule has 0 aliphatic carbocycles. The van der Waals surface area contributed by atoms with Gasteiger partial charge in [-0.1, -0.05) is 20.8 Å². The van der Waals surface area contributed by atoms with Crippen LogP contribution in [0, 0.1) is 16.0 Å². The van der Waals surface area contributed by atoms with Crippen molar-refractivity contribution in [3.05, 3.63) is 52.3 Å².